The number of pyridine rings is 1. The van der Waals surface area contributed by atoms with Gasteiger partial charge in [-0.25, -0.2) is 9.97 Å². The molecule has 0 N–H and O–H groups in total. The summed E-state index contributed by atoms with van der Waals surface area (Å²) in [5.74, 6) is 0. The van der Waals surface area contributed by atoms with Gasteiger partial charge >= 0.3 is 0 Å². The van der Waals surface area contributed by atoms with Crippen molar-refractivity contribution in [1.82, 2.24) is 14.5 Å². The van der Waals surface area contributed by atoms with E-state index >= 15 is 0 Å². The molecule has 2 aromatic heterocycles. The number of benzene rings is 1. The first-order chi connectivity index (χ1) is 7.84. The lowest BCUT2D eigenvalue weighted by atomic mass is 10.3. The van der Waals surface area contributed by atoms with Gasteiger partial charge in [0.25, 0.3) is 0 Å². The third-order valence-electron chi connectivity index (χ3n) is 2.43. The van der Waals surface area contributed by atoms with E-state index in [1.54, 1.807) is 12.5 Å². The summed E-state index contributed by atoms with van der Waals surface area (Å²) in [6.07, 6.45) is 3.45. The third kappa shape index (κ3) is 1.46. The van der Waals surface area contributed by atoms with Crippen LogP contribution in [0.2, 0.25) is 5.15 Å². The number of hydrogen-bond donors (Lipinski definition) is 0. The maximum absolute atomic E-state index is 5.88. The summed E-state index contributed by atoms with van der Waals surface area (Å²) in [7, 11) is 0. The highest BCUT2D eigenvalue weighted by molar-refractivity contribution is 6.29. The van der Waals surface area contributed by atoms with Gasteiger partial charge in [0, 0.05) is 11.8 Å². The molecule has 0 unspecified atom stereocenters. The standard InChI is InChI=1S/C12H8ClN3/c13-12-6-11-10(7-14-12)15-8-16(11)9-4-2-1-3-5-9/h1-8H. The Balaban J connectivity index is 2.29. The van der Waals surface area contributed by atoms with Crippen LogP contribution in [0.15, 0.2) is 48.9 Å². The van der Waals surface area contributed by atoms with Crippen molar-refractivity contribution in [2.45, 2.75) is 0 Å². The Labute approximate surface area is 97.3 Å². The minimum atomic E-state index is 0.477. The number of halogens is 1. The van der Waals surface area contributed by atoms with E-state index in [0.29, 0.717) is 5.15 Å². The fraction of sp³-hybridized carbons (Fsp3) is 0. The number of rotatable bonds is 1. The Bertz CT molecular complexity index is 631. The van der Waals surface area contributed by atoms with Crippen LogP contribution in [0.3, 0.4) is 0 Å². The molecular formula is C12H8ClN3. The van der Waals surface area contributed by atoms with E-state index in [0.717, 1.165) is 16.7 Å². The second kappa shape index (κ2) is 3.61. The van der Waals surface area contributed by atoms with Gasteiger partial charge in [0.2, 0.25) is 0 Å². The molecule has 0 atom stereocenters. The van der Waals surface area contributed by atoms with Crippen molar-refractivity contribution in [3.8, 4) is 5.69 Å². The molecule has 0 amide bonds. The van der Waals surface area contributed by atoms with Crippen LogP contribution in [0.5, 0.6) is 0 Å². The molecule has 3 aromatic rings. The number of nitrogens with zero attached hydrogens (tertiary/aromatic N) is 3. The molecule has 1 aromatic carbocycles. The quantitative estimate of drug-likeness (QED) is 0.601. The van der Waals surface area contributed by atoms with E-state index in [1.165, 1.54) is 0 Å². The number of para-hydroxylation sites is 1. The molecule has 4 heteroatoms. The molecule has 3 nitrogen and oxygen atoms in total. The van der Waals surface area contributed by atoms with Gasteiger partial charge in [0.1, 0.15) is 17.0 Å². The topological polar surface area (TPSA) is 30.7 Å². The monoisotopic (exact) mass is 229 g/mol. The predicted octanol–water partition coefficient (Wildman–Crippen LogP) is 3.07. The highest BCUT2D eigenvalue weighted by Crippen LogP contribution is 2.19. The van der Waals surface area contributed by atoms with Gasteiger partial charge in [-0.05, 0) is 12.1 Å². The minimum absolute atomic E-state index is 0.477. The van der Waals surface area contributed by atoms with Gasteiger partial charge in [-0.3, -0.25) is 4.57 Å². The number of fused-ring (bicyclic) bond motifs is 1. The predicted molar refractivity (Wildman–Crippen MR) is 63.9 cm³/mol. The highest BCUT2D eigenvalue weighted by atomic mass is 35.5. The SMILES string of the molecule is Clc1cc2c(cn1)ncn2-c1ccccc1. The Kier molecular flexibility index (Phi) is 2.11. The fourth-order valence-corrected chi connectivity index (χ4v) is 1.83. The summed E-state index contributed by atoms with van der Waals surface area (Å²) in [5, 5.41) is 0.477. The minimum Gasteiger partial charge on any atom is -0.299 e. The Morgan fingerprint density at radius 3 is 2.69 bits per heavy atom. The number of imidazole rings is 1. The first kappa shape index (κ1) is 9.36. The molecule has 0 saturated heterocycles. The van der Waals surface area contributed by atoms with Crippen molar-refractivity contribution in [1.29, 1.82) is 0 Å². The highest BCUT2D eigenvalue weighted by Gasteiger charge is 2.04. The van der Waals surface area contributed by atoms with Gasteiger partial charge in [0.15, 0.2) is 0 Å². The molecule has 0 aliphatic rings. The molecule has 3 rings (SSSR count). The second-order valence-electron chi connectivity index (χ2n) is 3.45. The fourth-order valence-electron chi connectivity index (χ4n) is 1.68. The zero-order valence-electron chi connectivity index (χ0n) is 8.34. The Morgan fingerprint density at radius 2 is 1.88 bits per heavy atom. The van der Waals surface area contributed by atoms with E-state index in [1.807, 2.05) is 41.0 Å². The van der Waals surface area contributed by atoms with Gasteiger partial charge < -0.3 is 0 Å². The Hall–Kier alpha value is -1.87. The summed E-state index contributed by atoms with van der Waals surface area (Å²) in [4.78, 5) is 8.28. The maximum atomic E-state index is 5.88. The van der Waals surface area contributed by atoms with Gasteiger partial charge in [-0.1, -0.05) is 29.8 Å². The zero-order valence-corrected chi connectivity index (χ0v) is 9.09. The molecule has 0 aliphatic carbocycles. The van der Waals surface area contributed by atoms with Crippen LogP contribution < -0.4 is 0 Å². The van der Waals surface area contributed by atoms with Crippen LogP contribution in [-0.4, -0.2) is 14.5 Å². The summed E-state index contributed by atoms with van der Waals surface area (Å²) in [5.41, 5.74) is 2.87. The van der Waals surface area contributed by atoms with Crippen LogP contribution >= 0.6 is 11.6 Å². The Morgan fingerprint density at radius 1 is 1.06 bits per heavy atom. The smallest absolute Gasteiger partial charge is 0.131 e. The van der Waals surface area contributed by atoms with Crippen LogP contribution in [0, 0.1) is 0 Å². The maximum Gasteiger partial charge on any atom is 0.131 e. The normalized spacial score (nSPS) is 10.8. The largest absolute Gasteiger partial charge is 0.299 e. The second-order valence-corrected chi connectivity index (χ2v) is 3.83. The van der Waals surface area contributed by atoms with E-state index in [2.05, 4.69) is 9.97 Å². The summed E-state index contributed by atoms with van der Waals surface area (Å²) >= 11 is 5.88. The van der Waals surface area contributed by atoms with Crippen LogP contribution in [0.4, 0.5) is 0 Å². The van der Waals surface area contributed by atoms with Crippen molar-refractivity contribution in [2.75, 3.05) is 0 Å². The van der Waals surface area contributed by atoms with Crippen LogP contribution in [0.1, 0.15) is 0 Å². The lowest BCUT2D eigenvalue weighted by Crippen LogP contribution is -1.91. The zero-order chi connectivity index (χ0) is 11.0. The first-order valence-corrected chi connectivity index (χ1v) is 5.26. The van der Waals surface area contributed by atoms with Crippen molar-refractivity contribution in [2.24, 2.45) is 0 Å². The summed E-state index contributed by atoms with van der Waals surface area (Å²) < 4.78 is 1.99. The van der Waals surface area contributed by atoms with Gasteiger partial charge in [-0.15, -0.1) is 0 Å². The van der Waals surface area contributed by atoms with Crippen molar-refractivity contribution < 1.29 is 0 Å². The van der Waals surface area contributed by atoms with Crippen molar-refractivity contribution >= 4 is 22.6 Å². The molecule has 2 heterocycles. The molecule has 0 radical (unpaired) electrons. The van der Waals surface area contributed by atoms with E-state index in [4.69, 9.17) is 11.6 Å². The lowest BCUT2D eigenvalue weighted by Gasteiger charge is -2.03. The molecule has 78 valence electrons. The average Bonchev–Trinajstić information content (AvgIpc) is 2.73. The molecule has 0 spiro atoms. The summed E-state index contributed by atoms with van der Waals surface area (Å²) in [6.45, 7) is 0. The molecule has 0 bridgehead atoms. The van der Waals surface area contributed by atoms with E-state index in [-0.39, 0.29) is 0 Å². The lowest BCUT2D eigenvalue weighted by molar-refractivity contribution is 1.09. The van der Waals surface area contributed by atoms with E-state index < -0.39 is 0 Å². The summed E-state index contributed by atoms with van der Waals surface area (Å²) in [6, 6.07) is 11.8. The van der Waals surface area contributed by atoms with E-state index in [9.17, 15) is 0 Å². The molecule has 0 aliphatic heterocycles. The average molecular weight is 230 g/mol. The molecule has 0 fully saturated rings. The molecule has 16 heavy (non-hydrogen) atoms. The van der Waals surface area contributed by atoms with Gasteiger partial charge in [0.05, 0.1) is 11.7 Å². The van der Waals surface area contributed by atoms with Crippen LogP contribution in [0.25, 0.3) is 16.7 Å². The van der Waals surface area contributed by atoms with Crippen molar-refractivity contribution in [3.05, 3.63) is 54.1 Å². The van der Waals surface area contributed by atoms with Crippen molar-refractivity contribution in [3.63, 3.8) is 0 Å². The number of hydrogen-bond acceptors (Lipinski definition) is 2. The van der Waals surface area contributed by atoms with Gasteiger partial charge in [-0.2, -0.15) is 0 Å². The molecular weight excluding hydrogens is 222 g/mol. The number of aromatic nitrogens is 3. The third-order valence-corrected chi connectivity index (χ3v) is 2.64. The van der Waals surface area contributed by atoms with Crippen LogP contribution in [-0.2, 0) is 0 Å². The molecule has 0 saturated carbocycles. The first-order valence-electron chi connectivity index (χ1n) is 4.88.